The van der Waals surface area contributed by atoms with E-state index in [9.17, 15) is 14.7 Å². The van der Waals surface area contributed by atoms with E-state index in [1.165, 1.54) is 11.6 Å². The highest BCUT2D eigenvalue weighted by Crippen LogP contribution is 2.42. The van der Waals surface area contributed by atoms with Gasteiger partial charge in [-0.25, -0.2) is 0 Å². The number of piperidine rings is 1. The molecule has 1 aliphatic heterocycles. The molecule has 0 saturated carbocycles. The van der Waals surface area contributed by atoms with Crippen LogP contribution in [0.2, 0.25) is 0 Å². The lowest BCUT2D eigenvalue weighted by molar-refractivity contribution is -0.123. The minimum Gasteiger partial charge on any atom is -0.502 e. The molecular formula is C25H28N2O5. The van der Waals surface area contributed by atoms with Crippen LogP contribution in [-0.2, 0) is 23.3 Å². The molecule has 0 unspecified atom stereocenters. The predicted molar refractivity (Wildman–Crippen MR) is 119 cm³/mol. The molecule has 4 rings (SSSR count). The summed E-state index contributed by atoms with van der Waals surface area (Å²) < 4.78 is 11.2. The third kappa shape index (κ3) is 4.94. The largest absolute Gasteiger partial charge is 0.502 e. The molecule has 32 heavy (non-hydrogen) atoms. The highest BCUT2D eigenvalue weighted by molar-refractivity contribution is 5.77. The van der Waals surface area contributed by atoms with Crippen molar-refractivity contribution in [3.8, 4) is 5.75 Å². The first-order chi connectivity index (χ1) is 15.4. The number of aromatic hydroxyl groups is 1. The van der Waals surface area contributed by atoms with Gasteiger partial charge in [-0.05, 0) is 50.6 Å². The second kappa shape index (κ2) is 9.44. The van der Waals surface area contributed by atoms with E-state index < -0.39 is 16.6 Å². The number of rotatable bonds is 7. The van der Waals surface area contributed by atoms with Crippen molar-refractivity contribution in [3.05, 3.63) is 87.9 Å². The number of furan rings is 1. The van der Waals surface area contributed by atoms with E-state index in [-0.39, 0.29) is 24.6 Å². The first-order valence-electron chi connectivity index (χ1n) is 10.8. The summed E-state index contributed by atoms with van der Waals surface area (Å²) in [6.45, 7) is 4.21. The molecule has 2 aromatic heterocycles. The van der Waals surface area contributed by atoms with E-state index >= 15 is 0 Å². The van der Waals surface area contributed by atoms with Crippen LogP contribution in [0.1, 0.15) is 42.1 Å². The van der Waals surface area contributed by atoms with Gasteiger partial charge in [0.1, 0.15) is 11.5 Å². The van der Waals surface area contributed by atoms with Crippen molar-refractivity contribution in [1.82, 2.24) is 10.2 Å². The van der Waals surface area contributed by atoms with Crippen LogP contribution in [0, 0.1) is 6.92 Å². The molecule has 2 N–H and O–H groups in total. The Morgan fingerprint density at radius 1 is 1.16 bits per heavy atom. The molecule has 1 saturated heterocycles. The van der Waals surface area contributed by atoms with Gasteiger partial charge in [-0.15, -0.1) is 0 Å². The number of hydrogen-bond acceptors (Lipinski definition) is 6. The minimum absolute atomic E-state index is 0.118. The summed E-state index contributed by atoms with van der Waals surface area (Å²) in [5.74, 6) is 0.724. The summed E-state index contributed by atoms with van der Waals surface area (Å²) in [4.78, 5) is 27.5. The minimum atomic E-state index is -0.754. The first kappa shape index (κ1) is 21.9. The van der Waals surface area contributed by atoms with E-state index in [1.54, 1.807) is 25.3 Å². The van der Waals surface area contributed by atoms with E-state index in [2.05, 4.69) is 22.3 Å². The van der Waals surface area contributed by atoms with Crippen LogP contribution in [0.15, 0.2) is 68.4 Å². The summed E-state index contributed by atoms with van der Waals surface area (Å²) in [6.07, 6.45) is 2.86. The monoisotopic (exact) mass is 436 g/mol. The third-order valence-electron chi connectivity index (χ3n) is 6.13. The zero-order chi connectivity index (χ0) is 22.6. The molecular weight excluding hydrogens is 408 g/mol. The number of aryl methyl sites for hydroxylation is 1. The second-order valence-corrected chi connectivity index (χ2v) is 8.47. The Kier molecular flexibility index (Phi) is 6.46. The van der Waals surface area contributed by atoms with Crippen molar-refractivity contribution in [2.45, 2.75) is 44.7 Å². The fourth-order valence-corrected chi connectivity index (χ4v) is 4.40. The molecule has 7 nitrogen and oxygen atoms in total. The van der Waals surface area contributed by atoms with Crippen molar-refractivity contribution < 1.29 is 18.7 Å². The van der Waals surface area contributed by atoms with Crippen LogP contribution < -0.4 is 10.7 Å². The van der Waals surface area contributed by atoms with Gasteiger partial charge in [-0.1, -0.05) is 30.3 Å². The third-order valence-corrected chi connectivity index (χ3v) is 6.13. The summed E-state index contributed by atoms with van der Waals surface area (Å²) in [6, 6.07) is 15.1. The van der Waals surface area contributed by atoms with Crippen LogP contribution in [0.25, 0.3) is 0 Å². The Morgan fingerprint density at radius 2 is 1.91 bits per heavy atom. The summed E-state index contributed by atoms with van der Waals surface area (Å²) in [5, 5.41) is 13.4. The van der Waals surface area contributed by atoms with Gasteiger partial charge in [0.2, 0.25) is 17.1 Å². The molecule has 0 bridgehead atoms. The van der Waals surface area contributed by atoms with Gasteiger partial charge < -0.3 is 19.3 Å². The smallest absolute Gasteiger partial charge is 0.227 e. The standard InChI is InChI=1S/C25H28N2O5/c1-18-14-21(28)23(30)24(32-18)25(15-22(29)26-16-20-8-5-13-31-20)9-11-27(12-10-25)17-19-6-3-2-4-7-19/h2-8,13-14,30H,9-12,15-17H2,1H3,(H,26,29). The van der Waals surface area contributed by atoms with E-state index in [1.807, 2.05) is 18.2 Å². The quantitative estimate of drug-likeness (QED) is 0.589. The molecule has 0 spiro atoms. The number of carbonyl (C=O) groups is 1. The summed E-state index contributed by atoms with van der Waals surface area (Å²) in [7, 11) is 0. The topological polar surface area (TPSA) is 95.9 Å². The fraction of sp³-hybridized carbons (Fsp3) is 0.360. The van der Waals surface area contributed by atoms with Gasteiger partial charge in [0.05, 0.1) is 12.8 Å². The van der Waals surface area contributed by atoms with Crippen LogP contribution in [-0.4, -0.2) is 29.0 Å². The number of benzene rings is 1. The summed E-state index contributed by atoms with van der Waals surface area (Å²) in [5.41, 5.74) is -0.0117. The predicted octanol–water partition coefficient (Wildman–Crippen LogP) is 3.49. The Hall–Kier alpha value is -3.32. The van der Waals surface area contributed by atoms with Gasteiger partial charge >= 0.3 is 0 Å². The van der Waals surface area contributed by atoms with E-state index in [4.69, 9.17) is 8.83 Å². The van der Waals surface area contributed by atoms with Crippen molar-refractivity contribution in [1.29, 1.82) is 0 Å². The van der Waals surface area contributed by atoms with Gasteiger partial charge in [0.25, 0.3) is 0 Å². The Bertz CT molecular complexity index is 1100. The van der Waals surface area contributed by atoms with Crippen LogP contribution >= 0.6 is 0 Å². The normalized spacial score (nSPS) is 16.0. The lowest BCUT2D eigenvalue weighted by Gasteiger charge is -2.41. The van der Waals surface area contributed by atoms with Crippen molar-refractivity contribution in [2.75, 3.05) is 13.1 Å². The van der Waals surface area contributed by atoms with Gasteiger partial charge in [0, 0.05) is 24.4 Å². The Morgan fingerprint density at radius 3 is 2.59 bits per heavy atom. The average molecular weight is 437 g/mol. The zero-order valence-corrected chi connectivity index (χ0v) is 18.2. The lowest BCUT2D eigenvalue weighted by atomic mass is 9.72. The lowest BCUT2D eigenvalue weighted by Crippen LogP contribution is -2.45. The number of amides is 1. The number of nitrogens with one attached hydrogen (secondary N) is 1. The van der Waals surface area contributed by atoms with Crippen molar-refractivity contribution in [3.63, 3.8) is 0 Å². The maximum Gasteiger partial charge on any atom is 0.227 e. The number of likely N-dealkylation sites (tertiary alicyclic amines) is 1. The van der Waals surface area contributed by atoms with E-state index in [0.717, 1.165) is 19.6 Å². The molecule has 1 amide bonds. The molecule has 0 radical (unpaired) electrons. The maximum absolute atomic E-state index is 12.9. The molecule has 1 aliphatic rings. The average Bonchev–Trinajstić information content (AvgIpc) is 3.31. The number of hydrogen-bond donors (Lipinski definition) is 2. The Labute approximate surface area is 186 Å². The SMILES string of the molecule is Cc1cc(=O)c(O)c(C2(CC(=O)NCc3ccco3)CCN(Cc3ccccc3)CC2)o1. The molecule has 168 valence electrons. The molecule has 1 aromatic carbocycles. The van der Waals surface area contributed by atoms with Crippen molar-refractivity contribution in [2.24, 2.45) is 0 Å². The highest BCUT2D eigenvalue weighted by atomic mass is 16.4. The molecule has 0 aliphatic carbocycles. The van der Waals surface area contributed by atoms with Crippen molar-refractivity contribution >= 4 is 5.91 Å². The van der Waals surface area contributed by atoms with Gasteiger partial charge in [-0.2, -0.15) is 0 Å². The van der Waals surface area contributed by atoms with Crippen LogP contribution in [0.3, 0.4) is 0 Å². The van der Waals surface area contributed by atoms with Crippen LogP contribution in [0.5, 0.6) is 5.75 Å². The van der Waals surface area contributed by atoms with E-state index in [0.29, 0.717) is 24.4 Å². The van der Waals surface area contributed by atoms with Gasteiger partial charge in [0.15, 0.2) is 5.76 Å². The maximum atomic E-state index is 12.9. The second-order valence-electron chi connectivity index (χ2n) is 8.47. The highest BCUT2D eigenvalue weighted by Gasteiger charge is 2.43. The molecule has 3 aromatic rings. The zero-order valence-electron chi connectivity index (χ0n) is 18.2. The number of nitrogens with zero attached hydrogens (tertiary/aromatic N) is 1. The van der Waals surface area contributed by atoms with Crippen LogP contribution in [0.4, 0.5) is 0 Å². The molecule has 3 heterocycles. The molecule has 0 atom stereocenters. The molecule has 1 fully saturated rings. The Balaban J connectivity index is 1.54. The number of carbonyl (C=O) groups excluding carboxylic acids is 1. The first-order valence-corrected chi connectivity index (χ1v) is 10.8. The molecule has 7 heteroatoms. The summed E-state index contributed by atoms with van der Waals surface area (Å²) >= 11 is 0. The van der Waals surface area contributed by atoms with Gasteiger partial charge in [-0.3, -0.25) is 14.5 Å². The fourth-order valence-electron chi connectivity index (χ4n) is 4.40.